The minimum Gasteiger partial charge on any atom is -0.354 e. The van der Waals surface area contributed by atoms with Gasteiger partial charge in [-0.15, -0.1) is 0 Å². The number of piperidine rings is 1. The normalized spacial score (nSPS) is 19.5. The summed E-state index contributed by atoms with van der Waals surface area (Å²) in [5.41, 5.74) is 0. The Morgan fingerprint density at radius 3 is 2.67 bits per heavy atom. The van der Waals surface area contributed by atoms with Gasteiger partial charge in [0.25, 0.3) is 0 Å². The first-order valence-electron chi connectivity index (χ1n) is 7.07. The van der Waals surface area contributed by atoms with Crippen LogP contribution in [0.25, 0.3) is 0 Å². The number of nitrogens with zero attached hydrogens (tertiary/aromatic N) is 1. The molecule has 0 aromatic carbocycles. The third-order valence-corrected chi connectivity index (χ3v) is 3.60. The Morgan fingerprint density at radius 2 is 2.06 bits per heavy atom. The average Bonchev–Trinajstić information content (AvgIpc) is 2.28. The molecule has 2 unspecified atom stereocenters. The SMILES string of the molecule is CC(=O)NC(C)CCCC(C)N1CCCCC1=O. The van der Waals surface area contributed by atoms with Crippen LogP contribution in [0.2, 0.25) is 0 Å². The fourth-order valence-corrected chi connectivity index (χ4v) is 2.59. The second-order valence-corrected chi connectivity index (χ2v) is 5.43. The van der Waals surface area contributed by atoms with E-state index in [0.717, 1.165) is 38.6 Å². The summed E-state index contributed by atoms with van der Waals surface area (Å²) >= 11 is 0. The molecule has 0 spiro atoms. The van der Waals surface area contributed by atoms with Gasteiger partial charge in [-0.2, -0.15) is 0 Å². The number of hydrogen-bond acceptors (Lipinski definition) is 2. The number of carbonyl (C=O) groups excluding carboxylic acids is 2. The minimum atomic E-state index is 0.0294. The van der Waals surface area contributed by atoms with E-state index in [1.54, 1.807) is 6.92 Å². The lowest BCUT2D eigenvalue weighted by Crippen LogP contribution is -2.41. The molecule has 18 heavy (non-hydrogen) atoms. The third kappa shape index (κ3) is 5.07. The van der Waals surface area contributed by atoms with Crippen LogP contribution in [0.15, 0.2) is 0 Å². The highest BCUT2D eigenvalue weighted by Crippen LogP contribution is 2.17. The first-order chi connectivity index (χ1) is 8.50. The van der Waals surface area contributed by atoms with E-state index in [1.165, 1.54) is 0 Å². The third-order valence-electron chi connectivity index (χ3n) is 3.60. The topological polar surface area (TPSA) is 49.4 Å². The van der Waals surface area contributed by atoms with Gasteiger partial charge < -0.3 is 10.2 Å². The number of hydrogen-bond donors (Lipinski definition) is 1. The molecule has 4 heteroatoms. The highest BCUT2D eigenvalue weighted by atomic mass is 16.2. The smallest absolute Gasteiger partial charge is 0.222 e. The van der Waals surface area contributed by atoms with Gasteiger partial charge in [-0.25, -0.2) is 0 Å². The molecule has 1 aliphatic heterocycles. The highest BCUT2D eigenvalue weighted by Gasteiger charge is 2.22. The Morgan fingerprint density at radius 1 is 1.33 bits per heavy atom. The molecule has 1 heterocycles. The van der Waals surface area contributed by atoms with Gasteiger partial charge in [0.1, 0.15) is 0 Å². The zero-order chi connectivity index (χ0) is 13.5. The van der Waals surface area contributed by atoms with E-state index in [0.29, 0.717) is 18.4 Å². The van der Waals surface area contributed by atoms with Gasteiger partial charge in [0.05, 0.1) is 0 Å². The molecule has 0 radical (unpaired) electrons. The molecule has 2 atom stereocenters. The van der Waals surface area contributed by atoms with E-state index >= 15 is 0 Å². The van der Waals surface area contributed by atoms with Crippen LogP contribution in [0, 0.1) is 0 Å². The lowest BCUT2D eigenvalue weighted by Gasteiger charge is -2.32. The fourth-order valence-electron chi connectivity index (χ4n) is 2.59. The van der Waals surface area contributed by atoms with Crippen LogP contribution in [0.1, 0.15) is 59.3 Å². The van der Waals surface area contributed by atoms with Gasteiger partial charge in [-0.05, 0) is 46.0 Å². The number of rotatable bonds is 6. The molecule has 1 fully saturated rings. The molecule has 0 saturated carbocycles. The quantitative estimate of drug-likeness (QED) is 0.789. The highest BCUT2D eigenvalue weighted by molar-refractivity contribution is 5.77. The maximum Gasteiger partial charge on any atom is 0.222 e. The first kappa shape index (κ1) is 15.0. The lowest BCUT2D eigenvalue weighted by atomic mass is 10.0. The van der Waals surface area contributed by atoms with Crippen LogP contribution in [-0.2, 0) is 9.59 Å². The van der Waals surface area contributed by atoms with Crippen molar-refractivity contribution in [2.45, 2.75) is 71.4 Å². The largest absolute Gasteiger partial charge is 0.354 e. The second kappa shape index (κ2) is 7.39. The van der Waals surface area contributed by atoms with Crippen molar-refractivity contribution in [3.05, 3.63) is 0 Å². The van der Waals surface area contributed by atoms with E-state index in [4.69, 9.17) is 0 Å². The molecule has 104 valence electrons. The standard InChI is InChI=1S/C14H26N2O2/c1-11(15-13(3)17)7-6-8-12(2)16-10-5-4-9-14(16)18/h11-12H,4-10H2,1-3H3,(H,15,17). The molecule has 0 aromatic rings. The van der Waals surface area contributed by atoms with Gasteiger partial charge in [0.15, 0.2) is 0 Å². The zero-order valence-electron chi connectivity index (χ0n) is 11.9. The number of nitrogens with one attached hydrogen (secondary N) is 1. The molecule has 1 aliphatic rings. The van der Waals surface area contributed by atoms with Gasteiger partial charge in [-0.1, -0.05) is 0 Å². The summed E-state index contributed by atoms with van der Waals surface area (Å²) < 4.78 is 0. The summed E-state index contributed by atoms with van der Waals surface area (Å²) in [5.74, 6) is 0.338. The Bertz CT molecular complexity index is 292. The second-order valence-electron chi connectivity index (χ2n) is 5.43. The maximum atomic E-state index is 11.7. The molecule has 1 saturated heterocycles. The Balaban J connectivity index is 2.21. The van der Waals surface area contributed by atoms with E-state index in [-0.39, 0.29) is 11.9 Å². The van der Waals surface area contributed by atoms with E-state index < -0.39 is 0 Å². The molecular weight excluding hydrogens is 228 g/mol. The predicted octanol–water partition coefficient (Wildman–Crippen LogP) is 2.08. The summed E-state index contributed by atoms with van der Waals surface area (Å²) in [7, 11) is 0. The molecule has 1 rings (SSSR count). The van der Waals surface area contributed by atoms with Crippen molar-refractivity contribution >= 4 is 11.8 Å². The van der Waals surface area contributed by atoms with Crippen molar-refractivity contribution in [2.75, 3.05) is 6.54 Å². The van der Waals surface area contributed by atoms with Gasteiger partial charge in [0, 0.05) is 32.0 Å². The summed E-state index contributed by atoms with van der Waals surface area (Å²) in [6.07, 6.45) is 5.95. The van der Waals surface area contributed by atoms with Crippen molar-refractivity contribution < 1.29 is 9.59 Å². The number of carbonyl (C=O) groups is 2. The molecule has 4 nitrogen and oxygen atoms in total. The van der Waals surface area contributed by atoms with Crippen molar-refractivity contribution in [3.8, 4) is 0 Å². The minimum absolute atomic E-state index is 0.0294. The Labute approximate surface area is 110 Å². The monoisotopic (exact) mass is 254 g/mol. The van der Waals surface area contributed by atoms with Crippen LogP contribution in [-0.4, -0.2) is 35.3 Å². The number of likely N-dealkylation sites (tertiary alicyclic amines) is 1. The van der Waals surface area contributed by atoms with Crippen LogP contribution in [0.4, 0.5) is 0 Å². The summed E-state index contributed by atoms with van der Waals surface area (Å²) in [5, 5.41) is 2.89. The van der Waals surface area contributed by atoms with Crippen molar-refractivity contribution in [3.63, 3.8) is 0 Å². The van der Waals surface area contributed by atoms with Gasteiger partial charge in [-0.3, -0.25) is 9.59 Å². The Hall–Kier alpha value is -1.06. The van der Waals surface area contributed by atoms with Crippen molar-refractivity contribution in [1.29, 1.82) is 0 Å². The van der Waals surface area contributed by atoms with Crippen LogP contribution in [0.5, 0.6) is 0 Å². The summed E-state index contributed by atoms with van der Waals surface area (Å²) in [4.78, 5) is 24.6. The van der Waals surface area contributed by atoms with Crippen LogP contribution < -0.4 is 5.32 Å². The maximum absolute atomic E-state index is 11.7. The molecule has 0 aromatic heterocycles. The Kier molecular flexibility index (Phi) is 6.16. The van der Waals surface area contributed by atoms with E-state index in [1.807, 2.05) is 11.8 Å². The fraction of sp³-hybridized carbons (Fsp3) is 0.857. The van der Waals surface area contributed by atoms with Crippen molar-refractivity contribution in [1.82, 2.24) is 10.2 Å². The molecule has 0 aliphatic carbocycles. The predicted molar refractivity (Wildman–Crippen MR) is 72.2 cm³/mol. The van der Waals surface area contributed by atoms with Gasteiger partial charge >= 0.3 is 0 Å². The van der Waals surface area contributed by atoms with E-state index in [9.17, 15) is 9.59 Å². The molecule has 0 bridgehead atoms. The van der Waals surface area contributed by atoms with Crippen LogP contribution in [0.3, 0.4) is 0 Å². The summed E-state index contributed by atoms with van der Waals surface area (Å²) in [6.45, 7) is 6.62. The van der Waals surface area contributed by atoms with Crippen molar-refractivity contribution in [2.24, 2.45) is 0 Å². The lowest BCUT2D eigenvalue weighted by molar-refractivity contribution is -0.135. The average molecular weight is 254 g/mol. The summed E-state index contributed by atoms with van der Waals surface area (Å²) in [6, 6.07) is 0.564. The molecule has 1 N–H and O–H groups in total. The van der Waals surface area contributed by atoms with Gasteiger partial charge in [0.2, 0.25) is 11.8 Å². The zero-order valence-corrected chi connectivity index (χ0v) is 11.9. The van der Waals surface area contributed by atoms with Crippen LogP contribution >= 0.6 is 0 Å². The van der Waals surface area contributed by atoms with E-state index in [2.05, 4.69) is 12.2 Å². The molecular formula is C14H26N2O2. The molecule has 2 amide bonds. The number of amides is 2. The first-order valence-corrected chi connectivity index (χ1v) is 7.07.